The molecular formula is C25H21ClN4O3. The predicted octanol–water partition coefficient (Wildman–Crippen LogP) is 5.16. The molecule has 0 radical (unpaired) electrons. The molecule has 4 rings (SSSR count). The van der Waals surface area contributed by atoms with Crippen LogP contribution in [0.15, 0.2) is 84.9 Å². The molecule has 0 fully saturated rings. The Balaban J connectivity index is 1.37. The van der Waals surface area contributed by atoms with Crippen molar-refractivity contribution < 1.29 is 14.3 Å². The monoisotopic (exact) mass is 460 g/mol. The molecule has 2 N–H and O–H groups in total. The molecule has 0 aliphatic rings. The smallest absolute Gasteiger partial charge is 0.276 e. The lowest BCUT2D eigenvalue weighted by Gasteiger charge is -2.08. The van der Waals surface area contributed by atoms with E-state index in [1.54, 1.807) is 55.6 Å². The van der Waals surface area contributed by atoms with Crippen LogP contribution in [0.25, 0.3) is 0 Å². The molecule has 166 valence electrons. The first-order chi connectivity index (χ1) is 16.0. The van der Waals surface area contributed by atoms with Crippen LogP contribution in [-0.4, -0.2) is 21.6 Å². The minimum Gasteiger partial charge on any atom is -0.489 e. The molecule has 3 aromatic carbocycles. The van der Waals surface area contributed by atoms with E-state index in [1.807, 2.05) is 30.3 Å². The minimum absolute atomic E-state index is 0.163. The quantitative estimate of drug-likeness (QED) is 0.399. The van der Waals surface area contributed by atoms with Crippen molar-refractivity contribution in [3.05, 3.63) is 107 Å². The lowest BCUT2D eigenvalue weighted by atomic mass is 10.2. The Bertz CT molecular complexity index is 1270. The zero-order valence-electron chi connectivity index (χ0n) is 17.8. The first-order valence-corrected chi connectivity index (χ1v) is 10.6. The number of aryl methyl sites for hydroxylation is 1. The number of nitrogens with zero attached hydrogens (tertiary/aromatic N) is 2. The topological polar surface area (TPSA) is 85.2 Å². The first kappa shape index (κ1) is 22.1. The zero-order chi connectivity index (χ0) is 23.2. The van der Waals surface area contributed by atoms with Gasteiger partial charge in [-0.3, -0.25) is 14.3 Å². The zero-order valence-corrected chi connectivity index (χ0v) is 18.5. The normalized spacial score (nSPS) is 10.5. The van der Waals surface area contributed by atoms with Gasteiger partial charge in [-0.1, -0.05) is 54.1 Å². The lowest BCUT2D eigenvalue weighted by molar-refractivity contribution is 0.101. The summed E-state index contributed by atoms with van der Waals surface area (Å²) in [6.45, 7) is 0.461. The van der Waals surface area contributed by atoms with E-state index in [4.69, 9.17) is 16.3 Å². The Morgan fingerprint density at radius 1 is 0.909 bits per heavy atom. The second-order valence-electron chi connectivity index (χ2n) is 7.23. The molecule has 0 saturated heterocycles. The fourth-order valence-corrected chi connectivity index (χ4v) is 3.32. The summed E-state index contributed by atoms with van der Waals surface area (Å²) in [5, 5.41) is 10.0. The van der Waals surface area contributed by atoms with Gasteiger partial charge < -0.3 is 15.4 Å². The second-order valence-corrected chi connectivity index (χ2v) is 7.63. The maximum absolute atomic E-state index is 12.6. The fourth-order valence-electron chi connectivity index (χ4n) is 3.09. The standard InChI is InChI=1S/C25H21ClN4O3/c1-30-23(28-24(31)20-9-5-6-10-21(20)26)15-22(29-30)25(32)27-18-11-13-19(14-12-18)33-16-17-7-3-2-4-8-17/h2-15H,16H2,1H3,(H,27,32)(H,28,31). The molecule has 0 bridgehead atoms. The van der Waals surface area contributed by atoms with Gasteiger partial charge in [0.1, 0.15) is 18.2 Å². The summed E-state index contributed by atoms with van der Waals surface area (Å²) in [5.74, 6) is 0.275. The lowest BCUT2D eigenvalue weighted by Crippen LogP contribution is -2.14. The van der Waals surface area contributed by atoms with Crippen LogP contribution in [0.5, 0.6) is 5.75 Å². The van der Waals surface area contributed by atoms with E-state index in [-0.39, 0.29) is 11.6 Å². The number of aromatic nitrogens is 2. The van der Waals surface area contributed by atoms with E-state index in [0.29, 0.717) is 34.4 Å². The van der Waals surface area contributed by atoms with Gasteiger partial charge in [-0.2, -0.15) is 5.10 Å². The second kappa shape index (κ2) is 10.0. The van der Waals surface area contributed by atoms with Crippen LogP contribution in [-0.2, 0) is 13.7 Å². The predicted molar refractivity (Wildman–Crippen MR) is 128 cm³/mol. The van der Waals surface area contributed by atoms with Crippen LogP contribution in [0.2, 0.25) is 5.02 Å². The van der Waals surface area contributed by atoms with Gasteiger partial charge in [-0.05, 0) is 42.0 Å². The van der Waals surface area contributed by atoms with Crippen molar-refractivity contribution in [2.24, 2.45) is 7.05 Å². The molecule has 0 saturated carbocycles. The summed E-state index contributed by atoms with van der Waals surface area (Å²) in [6.07, 6.45) is 0. The largest absolute Gasteiger partial charge is 0.489 e. The number of anilines is 2. The van der Waals surface area contributed by atoms with Crippen LogP contribution < -0.4 is 15.4 Å². The average molecular weight is 461 g/mol. The molecule has 33 heavy (non-hydrogen) atoms. The van der Waals surface area contributed by atoms with E-state index >= 15 is 0 Å². The van der Waals surface area contributed by atoms with Gasteiger partial charge in [0, 0.05) is 18.8 Å². The number of rotatable bonds is 7. The number of nitrogens with one attached hydrogen (secondary N) is 2. The Labute approximate surface area is 196 Å². The minimum atomic E-state index is -0.401. The highest BCUT2D eigenvalue weighted by Gasteiger charge is 2.16. The summed E-state index contributed by atoms with van der Waals surface area (Å²) in [5.41, 5.74) is 2.17. The summed E-state index contributed by atoms with van der Waals surface area (Å²) in [4.78, 5) is 25.1. The third-order valence-electron chi connectivity index (χ3n) is 4.83. The highest BCUT2D eigenvalue weighted by Crippen LogP contribution is 2.20. The molecule has 0 unspecified atom stereocenters. The molecule has 0 spiro atoms. The summed E-state index contributed by atoms with van der Waals surface area (Å²) in [7, 11) is 1.64. The van der Waals surface area contributed by atoms with Crippen molar-refractivity contribution in [1.82, 2.24) is 9.78 Å². The third kappa shape index (κ3) is 5.58. The Morgan fingerprint density at radius 3 is 2.33 bits per heavy atom. The molecule has 0 aliphatic heterocycles. The van der Waals surface area contributed by atoms with Crippen LogP contribution in [0.4, 0.5) is 11.5 Å². The number of benzene rings is 3. The molecule has 4 aromatic rings. The van der Waals surface area contributed by atoms with E-state index in [1.165, 1.54) is 10.7 Å². The van der Waals surface area contributed by atoms with Gasteiger partial charge in [-0.15, -0.1) is 0 Å². The number of halogens is 1. The molecule has 0 atom stereocenters. The summed E-state index contributed by atoms with van der Waals surface area (Å²) >= 11 is 6.08. The van der Waals surface area contributed by atoms with Crippen molar-refractivity contribution >= 4 is 34.9 Å². The van der Waals surface area contributed by atoms with Gasteiger partial charge in [0.15, 0.2) is 5.69 Å². The van der Waals surface area contributed by atoms with Gasteiger partial charge in [0.2, 0.25) is 0 Å². The number of carbonyl (C=O) groups is 2. The van der Waals surface area contributed by atoms with Gasteiger partial charge >= 0.3 is 0 Å². The highest BCUT2D eigenvalue weighted by molar-refractivity contribution is 6.34. The summed E-state index contributed by atoms with van der Waals surface area (Å²) < 4.78 is 7.18. The van der Waals surface area contributed by atoms with E-state index in [0.717, 1.165) is 5.56 Å². The molecule has 1 aromatic heterocycles. The van der Waals surface area contributed by atoms with E-state index in [9.17, 15) is 9.59 Å². The van der Waals surface area contributed by atoms with Crippen LogP contribution in [0.3, 0.4) is 0 Å². The van der Waals surface area contributed by atoms with Gasteiger partial charge in [-0.25, -0.2) is 0 Å². The fraction of sp³-hybridized carbons (Fsp3) is 0.0800. The van der Waals surface area contributed by atoms with Crippen molar-refractivity contribution in [2.75, 3.05) is 10.6 Å². The number of carbonyl (C=O) groups excluding carboxylic acids is 2. The van der Waals surface area contributed by atoms with Crippen molar-refractivity contribution in [3.63, 3.8) is 0 Å². The van der Waals surface area contributed by atoms with Crippen LogP contribution >= 0.6 is 11.6 Å². The van der Waals surface area contributed by atoms with Crippen molar-refractivity contribution in [1.29, 1.82) is 0 Å². The Morgan fingerprint density at radius 2 is 1.61 bits per heavy atom. The Kier molecular flexibility index (Phi) is 6.71. The number of hydrogen-bond donors (Lipinski definition) is 2. The van der Waals surface area contributed by atoms with Crippen LogP contribution in [0, 0.1) is 0 Å². The summed E-state index contributed by atoms with van der Waals surface area (Å²) in [6, 6.07) is 25.2. The van der Waals surface area contributed by atoms with Crippen LogP contribution in [0.1, 0.15) is 26.4 Å². The van der Waals surface area contributed by atoms with E-state index in [2.05, 4.69) is 15.7 Å². The molecular weight excluding hydrogens is 440 g/mol. The highest BCUT2D eigenvalue weighted by atomic mass is 35.5. The molecule has 1 heterocycles. The van der Waals surface area contributed by atoms with Crippen molar-refractivity contribution in [3.8, 4) is 5.75 Å². The third-order valence-corrected chi connectivity index (χ3v) is 5.16. The molecule has 7 nitrogen and oxygen atoms in total. The maximum Gasteiger partial charge on any atom is 0.276 e. The number of amides is 2. The molecule has 2 amide bonds. The Hall–Kier alpha value is -4.10. The van der Waals surface area contributed by atoms with E-state index < -0.39 is 5.91 Å². The van der Waals surface area contributed by atoms with Gasteiger partial charge in [0.25, 0.3) is 11.8 Å². The SMILES string of the molecule is Cn1nc(C(=O)Nc2ccc(OCc3ccccc3)cc2)cc1NC(=O)c1ccccc1Cl. The first-order valence-electron chi connectivity index (χ1n) is 10.2. The average Bonchev–Trinajstić information content (AvgIpc) is 3.19. The van der Waals surface area contributed by atoms with Gasteiger partial charge in [0.05, 0.1) is 10.6 Å². The molecule has 0 aliphatic carbocycles. The van der Waals surface area contributed by atoms with Crippen molar-refractivity contribution in [2.45, 2.75) is 6.61 Å². The number of hydrogen-bond acceptors (Lipinski definition) is 4. The number of ether oxygens (including phenoxy) is 1. The molecule has 8 heteroatoms. The maximum atomic E-state index is 12.6.